The van der Waals surface area contributed by atoms with Crippen LogP contribution in [0.3, 0.4) is 0 Å². The molecular weight excluding hydrogens is 305 g/mol. The molecule has 0 fully saturated rings. The van der Waals surface area contributed by atoms with Crippen molar-refractivity contribution in [2.45, 2.75) is 6.61 Å². The number of aryl methyl sites for hydroxylation is 1. The number of carbonyl (C=O) groups is 1. The van der Waals surface area contributed by atoms with Crippen molar-refractivity contribution in [3.63, 3.8) is 0 Å². The molecule has 0 saturated heterocycles. The fourth-order valence-electron chi connectivity index (χ4n) is 1.88. The van der Waals surface area contributed by atoms with Gasteiger partial charge in [0.2, 0.25) is 0 Å². The minimum atomic E-state index is -0.532. The van der Waals surface area contributed by atoms with Gasteiger partial charge in [-0.1, -0.05) is 12.1 Å². The standard InChI is InChI=1S/C15H12FN3O2S/c1-19-7-11(6-17-19)14-18-13(9-22-14)15(20)21-8-10-3-2-4-12(16)5-10/h2-7,9H,8H2,1H3. The predicted octanol–water partition coefficient (Wildman–Crippen LogP) is 3.04. The maximum atomic E-state index is 13.0. The molecule has 0 bridgehead atoms. The van der Waals surface area contributed by atoms with E-state index >= 15 is 0 Å². The Labute approximate surface area is 130 Å². The summed E-state index contributed by atoms with van der Waals surface area (Å²) in [7, 11) is 1.81. The molecule has 0 saturated carbocycles. The van der Waals surface area contributed by atoms with Crippen LogP contribution < -0.4 is 0 Å². The molecule has 0 radical (unpaired) electrons. The minimum absolute atomic E-state index is 0.0103. The lowest BCUT2D eigenvalue weighted by molar-refractivity contribution is 0.0466. The van der Waals surface area contributed by atoms with E-state index in [4.69, 9.17) is 4.74 Å². The van der Waals surface area contributed by atoms with Crippen LogP contribution in [0.5, 0.6) is 0 Å². The average Bonchev–Trinajstić information content (AvgIpc) is 3.13. The van der Waals surface area contributed by atoms with E-state index in [1.807, 2.05) is 13.2 Å². The average molecular weight is 317 g/mol. The van der Waals surface area contributed by atoms with E-state index < -0.39 is 5.97 Å². The highest BCUT2D eigenvalue weighted by Gasteiger charge is 2.14. The van der Waals surface area contributed by atoms with Crippen LogP contribution in [0.15, 0.2) is 42.0 Å². The fourth-order valence-corrected chi connectivity index (χ4v) is 2.65. The number of carbonyl (C=O) groups excluding carboxylic acids is 1. The van der Waals surface area contributed by atoms with E-state index in [9.17, 15) is 9.18 Å². The summed E-state index contributed by atoms with van der Waals surface area (Å²) in [6, 6.07) is 5.93. The highest BCUT2D eigenvalue weighted by atomic mass is 32.1. The molecule has 0 aliphatic carbocycles. The van der Waals surface area contributed by atoms with E-state index in [1.54, 1.807) is 28.4 Å². The molecule has 7 heteroatoms. The fraction of sp³-hybridized carbons (Fsp3) is 0.133. The molecule has 0 unspecified atom stereocenters. The first kappa shape index (κ1) is 14.4. The maximum absolute atomic E-state index is 13.0. The monoisotopic (exact) mass is 317 g/mol. The molecular formula is C15H12FN3O2S. The Morgan fingerprint density at radius 2 is 2.32 bits per heavy atom. The highest BCUT2D eigenvalue weighted by molar-refractivity contribution is 7.13. The molecule has 3 aromatic rings. The zero-order valence-electron chi connectivity index (χ0n) is 11.7. The van der Waals surface area contributed by atoms with Crippen molar-refractivity contribution < 1.29 is 13.9 Å². The van der Waals surface area contributed by atoms with Crippen molar-refractivity contribution in [3.05, 3.63) is 59.1 Å². The molecule has 112 valence electrons. The lowest BCUT2D eigenvalue weighted by atomic mass is 10.2. The van der Waals surface area contributed by atoms with Crippen LogP contribution >= 0.6 is 11.3 Å². The van der Waals surface area contributed by atoms with Crippen molar-refractivity contribution in [2.24, 2.45) is 7.05 Å². The Hall–Kier alpha value is -2.54. The van der Waals surface area contributed by atoms with Crippen LogP contribution in [-0.2, 0) is 18.4 Å². The summed E-state index contributed by atoms with van der Waals surface area (Å²) in [5.41, 5.74) is 1.67. The Morgan fingerprint density at radius 1 is 1.45 bits per heavy atom. The van der Waals surface area contributed by atoms with Gasteiger partial charge in [0.25, 0.3) is 0 Å². The van der Waals surface area contributed by atoms with E-state index in [0.717, 1.165) is 5.56 Å². The molecule has 5 nitrogen and oxygen atoms in total. The van der Waals surface area contributed by atoms with Crippen molar-refractivity contribution in [1.82, 2.24) is 14.8 Å². The third-order valence-corrected chi connectivity index (χ3v) is 3.82. The number of benzene rings is 1. The molecule has 0 aliphatic heterocycles. The zero-order valence-corrected chi connectivity index (χ0v) is 12.5. The lowest BCUT2D eigenvalue weighted by Crippen LogP contribution is -2.05. The van der Waals surface area contributed by atoms with Gasteiger partial charge in [0.05, 0.1) is 6.20 Å². The first-order chi connectivity index (χ1) is 10.6. The van der Waals surface area contributed by atoms with E-state index in [2.05, 4.69) is 10.1 Å². The summed E-state index contributed by atoms with van der Waals surface area (Å²) in [5.74, 6) is -0.892. The maximum Gasteiger partial charge on any atom is 0.358 e. The van der Waals surface area contributed by atoms with Gasteiger partial charge in [0, 0.05) is 24.2 Å². The highest BCUT2D eigenvalue weighted by Crippen LogP contribution is 2.23. The van der Waals surface area contributed by atoms with Crippen molar-refractivity contribution in [1.29, 1.82) is 0 Å². The van der Waals surface area contributed by atoms with E-state index in [1.165, 1.54) is 23.5 Å². The topological polar surface area (TPSA) is 57.0 Å². The van der Waals surface area contributed by atoms with Gasteiger partial charge in [-0.2, -0.15) is 5.10 Å². The van der Waals surface area contributed by atoms with Crippen LogP contribution in [0.25, 0.3) is 10.6 Å². The number of rotatable bonds is 4. The summed E-state index contributed by atoms with van der Waals surface area (Å²) in [6.45, 7) is 0.0103. The molecule has 0 N–H and O–H groups in total. The number of nitrogens with zero attached hydrogens (tertiary/aromatic N) is 3. The van der Waals surface area contributed by atoms with Crippen LogP contribution in [0.4, 0.5) is 4.39 Å². The second-order valence-corrected chi connectivity index (χ2v) is 5.50. The Morgan fingerprint density at radius 3 is 3.05 bits per heavy atom. The van der Waals surface area contributed by atoms with Gasteiger partial charge in [-0.25, -0.2) is 14.2 Å². The SMILES string of the molecule is Cn1cc(-c2nc(C(=O)OCc3cccc(F)c3)cs2)cn1. The molecule has 3 rings (SSSR count). The Balaban J connectivity index is 1.67. The van der Waals surface area contributed by atoms with Gasteiger partial charge >= 0.3 is 5.97 Å². The molecule has 2 heterocycles. The number of esters is 1. The van der Waals surface area contributed by atoms with Crippen molar-refractivity contribution >= 4 is 17.3 Å². The van der Waals surface area contributed by atoms with Gasteiger partial charge in [-0.3, -0.25) is 4.68 Å². The zero-order chi connectivity index (χ0) is 15.5. The van der Waals surface area contributed by atoms with Crippen LogP contribution in [0.1, 0.15) is 16.1 Å². The first-order valence-corrected chi connectivity index (χ1v) is 7.36. The van der Waals surface area contributed by atoms with E-state index in [-0.39, 0.29) is 18.1 Å². The summed E-state index contributed by atoms with van der Waals surface area (Å²) in [4.78, 5) is 16.2. The van der Waals surface area contributed by atoms with Crippen LogP contribution in [-0.4, -0.2) is 20.7 Å². The minimum Gasteiger partial charge on any atom is -0.456 e. The molecule has 22 heavy (non-hydrogen) atoms. The molecule has 1 aromatic carbocycles. The Kier molecular flexibility index (Phi) is 3.97. The summed E-state index contributed by atoms with van der Waals surface area (Å²) in [6.07, 6.45) is 3.50. The van der Waals surface area contributed by atoms with Gasteiger partial charge in [0.1, 0.15) is 17.4 Å². The summed E-state index contributed by atoms with van der Waals surface area (Å²) < 4.78 is 19.9. The normalized spacial score (nSPS) is 10.6. The lowest BCUT2D eigenvalue weighted by Gasteiger charge is -2.03. The third-order valence-electron chi connectivity index (χ3n) is 2.92. The quantitative estimate of drug-likeness (QED) is 0.694. The summed E-state index contributed by atoms with van der Waals surface area (Å²) >= 11 is 1.34. The van der Waals surface area contributed by atoms with Gasteiger partial charge in [0.15, 0.2) is 5.69 Å². The first-order valence-electron chi connectivity index (χ1n) is 6.48. The van der Waals surface area contributed by atoms with Crippen molar-refractivity contribution in [2.75, 3.05) is 0 Å². The number of ether oxygens (including phenoxy) is 1. The second kappa shape index (κ2) is 6.07. The van der Waals surface area contributed by atoms with Crippen LogP contribution in [0.2, 0.25) is 0 Å². The molecule has 0 atom stereocenters. The summed E-state index contributed by atoms with van der Waals surface area (Å²) in [5, 5.41) is 6.40. The van der Waals surface area contributed by atoms with Gasteiger partial charge in [-0.15, -0.1) is 11.3 Å². The van der Waals surface area contributed by atoms with Gasteiger partial charge in [-0.05, 0) is 17.7 Å². The molecule has 2 aromatic heterocycles. The molecule has 0 spiro atoms. The number of hydrogen-bond donors (Lipinski definition) is 0. The number of thiazole rings is 1. The third kappa shape index (κ3) is 3.20. The predicted molar refractivity (Wildman–Crippen MR) is 79.8 cm³/mol. The number of aromatic nitrogens is 3. The van der Waals surface area contributed by atoms with E-state index in [0.29, 0.717) is 10.6 Å². The number of halogens is 1. The smallest absolute Gasteiger partial charge is 0.358 e. The van der Waals surface area contributed by atoms with Gasteiger partial charge < -0.3 is 4.74 Å². The second-order valence-electron chi connectivity index (χ2n) is 4.65. The molecule has 0 aliphatic rings. The largest absolute Gasteiger partial charge is 0.456 e. The van der Waals surface area contributed by atoms with Crippen LogP contribution in [0, 0.1) is 5.82 Å². The molecule has 0 amide bonds. The van der Waals surface area contributed by atoms with Crippen molar-refractivity contribution in [3.8, 4) is 10.6 Å². The Bertz CT molecular complexity index is 812. The number of hydrogen-bond acceptors (Lipinski definition) is 5.